The van der Waals surface area contributed by atoms with E-state index < -0.39 is 0 Å². The quantitative estimate of drug-likeness (QED) is 0.373. The zero-order chi connectivity index (χ0) is 21.7. The summed E-state index contributed by atoms with van der Waals surface area (Å²) in [5.41, 5.74) is 9.26. The predicted molar refractivity (Wildman–Crippen MR) is 134 cm³/mol. The highest BCUT2D eigenvalue weighted by Crippen LogP contribution is 2.35. The van der Waals surface area contributed by atoms with Crippen LogP contribution in [0.3, 0.4) is 0 Å². The number of nitrogens with one attached hydrogen (secondary N) is 4. The molecule has 1 unspecified atom stereocenters. The van der Waals surface area contributed by atoms with E-state index in [0.717, 1.165) is 37.3 Å². The van der Waals surface area contributed by atoms with Crippen molar-refractivity contribution in [3.05, 3.63) is 59.4 Å². The molecule has 0 spiro atoms. The number of fused-ring (bicyclic) bond motifs is 4. The first-order valence-corrected chi connectivity index (χ1v) is 12.1. The highest BCUT2D eigenvalue weighted by atomic mass is 14.9. The van der Waals surface area contributed by atoms with E-state index in [1.807, 2.05) is 0 Å². The molecular formula is C27H33N5. The number of piperidine rings is 1. The van der Waals surface area contributed by atoms with Crippen LogP contribution in [0.25, 0.3) is 21.8 Å². The van der Waals surface area contributed by atoms with Crippen LogP contribution in [0.4, 0.5) is 11.4 Å². The fourth-order valence-corrected chi connectivity index (χ4v) is 5.86. The normalized spacial score (nSPS) is 19.5. The van der Waals surface area contributed by atoms with Crippen molar-refractivity contribution in [2.24, 2.45) is 7.05 Å². The molecule has 1 aliphatic heterocycles. The van der Waals surface area contributed by atoms with Gasteiger partial charge in [-0.05, 0) is 99.6 Å². The van der Waals surface area contributed by atoms with Gasteiger partial charge in [0.25, 0.3) is 0 Å². The smallest absolute Gasteiger partial charge is 0.0501 e. The number of benzene rings is 2. The summed E-state index contributed by atoms with van der Waals surface area (Å²) in [7, 11) is 4.25. The van der Waals surface area contributed by atoms with Crippen LogP contribution in [0.2, 0.25) is 0 Å². The first kappa shape index (κ1) is 19.9. The third kappa shape index (κ3) is 3.40. The Bertz CT molecular complexity index is 1270. The number of anilines is 2. The van der Waals surface area contributed by atoms with Gasteiger partial charge in [-0.25, -0.2) is 0 Å². The minimum atomic E-state index is 0.576. The first-order valence-electron chi connectivity index (χ1n) is 12.1. The Morgan fingerprint density at radius 1 is 0.969 bits per heavy atom. The maximum Gasteiger partial charge on any atom is 0.0501 e. The molecule has 0 saturated carbocycles. The Morgan fingerprint density at radius 3 is 2.62 bits per heavy atom. The lowest BCUT2D eigenvalue weighted by Gasteiger charge is -2.22. The summed E-state index contributed by atoms with van der Waals surface area (Å²) in [6.45, 7) is 2.25. The van der Waals surface area contributed by atoms with Gasteiger partial charge in [-0.2, -0.15) is 0 Å². The summed E-state index contributed by atoms with van der Waals surface area (Å²) < 4.78 is 2.29. The maximum atomic E-state index is 3.67. The molecule has 1 aliphatic carbocycles. The highest BCUT2D eigenvalue weighted by Gasteiger charge is 2.22. The fraction of sp³-hybridized carbons (Fsp3) is 0.407. The summed E-state index contributed by atoms with van der Waals surface area (Å²) in [6, 6.07) is 14.2. The van der Waals surface area contributed by atoms with E-state index >= 15 is 0 Å². The van der Waals surface area contributed by atoms with E-state index in [-0.39, 0.29) is 0 Å². The Balaban J connectivity index is 1.31. The number of likely N-dealkylation sites (N-methyl/N-ethyl adjacent to an activating group) is 1. The molecule has 1 fully saturated rings. The third-order valence-corrected chi connectivity index (χ3v) is 7.69. The number of rotatable bonds is 4. The molecule has 2 aliphatic rings. The molecule has 1 saturated heterocycles. The summed E-state index contributed by atoms with van der Waals surface area (Å²) in [6.07, 6.45) is 8.24. The maximum absolute atomic E-state index is 3.67. The van der Waals surface area contributed by atoms with Gasteiger partial charge >= 0.3 is 0 Å². The zero-order valence-corrected chi connectivity index (χ0v) is 19.1. The van der Waals surface area contributed by atoms with Crippen molar-refractivity contribution in [1.82, 2.24) is 20.2 Å². The monoisotopic (exact) mass is 427 g/mol. The fourth-order valence-electron chi connectivity index (χ4n) is 5.86. The van der Waals surface area contributed by atoms with Gasteiger partial charge < -0.3 is 25.5 Å². The van der Waals surface area contributed by atoms with Gasteiger partial charge in [-0.3, -0.25) is 0 Å². The van der Waals surface area contributed by atoms with Gasteiger partial charge in [0.2, 0.25) is 0 Å². The van der Waals surface area contributed by atoms with Crippen LogP contribution < -0.4 is 16.0 Å². The van der Waals surface area contributed by atoms with Crippen LogP contribution in [-0.4, -0.2) is 35.7 Å². The predicted octanol–water partition coefficient (Wildman–Crippen LogP) is 4.95. The standard InChI is InChI=1S/C27H33N5/c1-28-18-4-7-25-22(13-18)23-14-19(5-8-26(23)31-25)30-20-3-6-21-24(16-32(2)27(21)15-20)17-9-11-29-12-10-17/h3,5-6,8,14-18,28-31H,4,7,9-13H2,1-2H3. The summed E-state index contributed by atoms with van der Waals surface area (Å²) in [5.74, 6) is 0.669. The molecule has 0 amide bonds. The molecule has 3 heterocycles. The van der Waals surface area contributed by atoms with Crippen molar-refractivity contribution < 1.29 is 0 Å². The van der Waals surface area contributed by atoms with Gasteiger partial charge in [0, 0.05) is 52.6 Å². The Labute approximate surface area is 189 Å². The number of H-pyrrole nitrogens is 1. The number of hydrogen-bond donors (Lipinski definition) is 4. The molecule has 0 radical (unpaired) electrons. The third-order valence-electron chi connectivity index (χ3n) is 7.69. The average Bonchev–Trinajstić information content (AvgIpc) is 3.36. The molecule has 5 nitrogen and oxygen atoms in total. The molecule has 32 heavy (non-hydrogen) atoms. The summed E-state index contributed by atoms with van der Waals surface area (Å²) in [4.78, 5) is 3.65. The Kier molecular flexibility index (Phi) is 4.96. The van der Waals surface area contributed by atoms with E-state index in [4.69, 9.17) is 0 Å². The molecule has 166 valence electrons. The van der Waals surface area contributed by atoms with Crippen molar-refractivity contribution in [2.45, 2.75) is 44.1 Å². The number of aromatic amines is 1. The minimum absolute atomic E-state index is 0.576. The van der Waals surface area contributed by atoms with Crippen LogP contribution in [0.1, 0.15) is 42.0 Å². The van der Waals surface area contributed by atoms with E-state index in [2.05, 4.69) is 82.2 Å². The summed E-state index contributed by atoms with van der Waals surface area (Å²) in [5, 5.41) is 13.4. The molecule has 6 rings (SSSR count). The number of hydrogen-bond acceptors (Lipinski definition) is 3. The van der Waals surface area contributed by atoms with Crippen LogP contribution in [-0.2, 0) is 19.9 Å². The van der Waals surface area contributed by atoms with Crippen molar-refractivity contribution in [3.8, 4) is 0 Å². The van der Waals surface area contributed by atoms with E-state index in [0.29, 0.717) is 12.0 Å². The van der Waals surface area contributed by atoms with Crippen molar-refractivity contribution in [1.29, 1.82) is 0 Å². The molecule has 1 atom stereocenters. The minimum Gasteiger partial charge on any atom is -0.358 e. The van der Waals surface area contributed by atoms with Crippen LogP contribution in [0.5, 0.6) is 0 Å². The lowest BCUT2D eigenvalue weighted by Crippen LogP contribution is -2.31. The number of aryl methyl sites for hydroxylation is 2. The lowest BCUT2D eigenvalue weighted by atomic mass is 9.90. The van der Waals surface area contributed by atoms with Crippen LogP contribution in [0, 0.1) is 0 Å². The van der Waals surface area contributed by atoms with Gasteiger partial charge in [0.15, 0.2) is 0 Å². The molecule has 4 N–H and O–H groups in total. The van der Waals surface area contributed by atoms with Crippen molar-refractivity contribution in [2.75, 3.05) is 25.5 Å². The molecule has 5 heteroatoms. The second-order valence-electron chi connectivity index (χ2n) is 9.65. The topological polar surface area (TPSA) is 56.8 Å². The van der Waals surface area contributed by atoms with Crippen molar-refractivity contribution >= 4 is 33.2 Å². The van der Waals surface area contributed by atoms with Crippen molar-refractivity contribution in [3.63, 3.8) is 0 Å². The highest BCUT2D eigenvalue weighted by molar-refractivity contribution is 5.91. The second kappa shape index (κ2) is 7.98. The first-order chi connectivity index (χ1) is 15.7. The number of nitrogens with zero attached hydrogens (tertiary/aromatic N) is 1. The van der Waals surface area contributed by atoms with Crippen LogP contribution in [0.15, 0.2) is 42.6 Å². The van der Waals surface area contributed by atoms with E-state index in [1.54, 1.807) is 0 Å². The molecule has 2 aromatic carbocycles. The van der Waals surface area contributed by atoms with Gasteiger partial charge in [-0.15, -0.1) is 0 Å². The van der Waals surface area contributed by atoms with E-state index in [1.165, 1.54) is 57.9 Å². The van der Waals surface area contributed by atoms with Gasteiger partial charge in [-0.1, -0.05) is 6.07 Å². The van der Waals surface area contributed by atoms with Gasteiger partial charge in [0.05, 0.1) is 5.52 Å². The Morgan fingerprint density at radius 2 is 1.78 bits per heavy atom. The number of aromatic nitrogens is 2. The zero-order valence-electron chi connectivity index (χ0n) is 19.1. The summed E-state index contributed by atoms with van der Waals surface area (Å²) >= 11 is 0. The van der Waals surface area contributed by atoms with Gasteiger partial charge in [0.1, 0.15) is 0 Å². The van der Waals surface area contributed by atoms with Crippen LogP contribution >= 0.6 is 0 Å². The molecule has 2 aromatic heterocycles. The second-order valence-corrected chi connectivity index (χ2v) is 9.65. The molecule has 0 bridgehead atoms. The average molecular weight is 428 g/mol. The molecular weight excluding hydrogens is 394 g/mol. The Hall–Kier alpha value is -2.76. The molecule has 4 aromatic rings. The SMILES string of the molecule is CNC1CCc2[nH]c3ccc(Nc4ccc5c(C6CCNCC6)cn(C)c5c4)cc3c2C1. The largest absolute Gasteiger partial charge is 0.358 e. The van der Waals surface area contributed by atoms with E-state index in [9.17, 15) is 0 Å². The lowest BCUT2D eigenvalue weighted by molar-refractivity contribution is 0.462.